The van der Waals surface area contributed by atoms with E-state index in [1.54, 1.807) is 37.4 Å². The maximum absolute atomic E-state index is 12.3. The number of methoxy groups -OCH3 is 1. The standard InChI is InChI=1S/C22H24N6O2/c1-30-19-9-7-17(8-10-19)25-22(29)26-20-15-21(24-16-23-20)28-13-11-27(12-14-28)18-5-3-2-4-6-18/h2-10,15-16H,11-14H2,1H3,(H2,23,24,25,26,29). The molecule has 2 aromatic carbocycles. The van der Waals surface area contributed by atoms with Gasteiger partial charge in [0.05, 0.1) is 7.11 Å². The molecule has 0 aliphatic carbocycles. The number of aromatic nitrogens is 2. The predicted molar refractivity (Wildman–Crippen MR) is 119 cm³/mol. The number of benzene rings is 2. The van der Waals surface area contributed by atoms with Gasteiger partial charge in [0, 0.05) is 43.6 Å². The van der Waals surface area contributed by atoms with Crippen molar-refractivity contribution in [1.82, 2.24) is 9.97 Å². The maximum atomic E-state index is 12.3. The Morgan fingerprint density at radius 2 is 1.60 bits per heavy atom. The molecule has 2 N–H and O–H groups in total. The number of nitrogens with one attached hydrogen (secondary N) is 2. The molecule has 0 atom stereocenters. The van der Waals surface area contributed by atoms with Crippen molar-refractivity contribution in [3.63, 3.8) is 0 Å². The Morgan fingerprint density at radius 1 is 0.900 bits per heavy atom. The van der Waals surface area contributed by atoms with Crippen LogP contribution in [0.15, 0.2) is 67.0 Å². The SMILES string of the molecule is COc1ccc(NC(=O)Nc2cc(N3CCN(c4ccccc4)CC3)ncn2)cc1. The third-order valence-electron chi connectivity index (χ3n) is 4.97. The fraction of sp³-hybridized carbons (Fsp3) is 0.227. The van der Waals surface area contributed by atoms with Crippen LogP contribution in [0.5, 0.6) is 5.75 Å². The van der Waals surface area contributed by atoms with Crippen LogP contribution in [0.1, 0.15) is 0 Å². The summed E-state index contributed by atoms with van der Waals surface area (Å²) in [5, 5.41) is 5.54. The Balaban J connectivity index is 1.34. The molecule has 3 aromatic rings. The van der Waals surface area contributed by atoms with Crippen molar-refractivity contribution in [3.8, 4) is 5.75 Å². The number of carbonyl (C=O) groups is 1. The van der Waals surface area contributed by atoms with Gasteiger partial charge < -0.3 is 19.9 Å². The molecule has 0 bridgehead atoms. The van der Waals surface area contributed by atoms with E-state index in [2.05, 4.69) is 54.7 Å². The van der Waals surface area contributed by atoms with E-state index >= 15 is 0 Å². The number of para-hydroxylation sites is 1. The molecule has 1 saturated heterocycles. The Morgan fingerprint density at radius 3 is 2.30 bits per heavy atom. The second-order valence-electron chi connectivity index (χ2n) is 6.88. The second kappa shape index (κ2) is 9.13. The first kappa shape index (κ1) is 19.5. The van der Waals surface area contributed by atoms with Crippen molar-refractivity contribution in [1.29, 1.82) is 0 Å². The molecular formula is C22H24N6O2. The van der Waals surface area contributed by atoms with Gasteiger partial charge in [0.2, 0.25) is 0 Å². The molecule has 0 unspecified atom stereocenters. The lowest BCUT2D eigenvalue weighted by atomic mass is 10.2. The minimum absolute atomic E-state index is 0.362. The van der Waals surface area contributed by atoms with E-state index in [-0.39, 0.29) is 6.03 Å². The zero-order valence-electron chi connectivity index (χ0n) is 16.8. The first-order valence-electron chi connectivity index (χ1n) is 9.80. The Hall–Kier alpha value is -3.81. The van der Waals surface area contributed by atoms with Gasteiger partial charge in [-0.05, 0) is 36.4 Å². The summed E-state index contributed by atoms with van der Waals surface area (Å²) >= 11 is 0. The minimum atomic E-state index is -0.362. The van der Waals surface area contributed by atoms with Crippen LogP contribution < -0.4 is 25.2 Å². The van der Waals surface area contributed by atoms with Crippen LogP contribution in [0.2, 0.25) is 0 Å². The number of ether oxygens (including phenoxy) is 1. The van der Waals surface area contributed by atoms with Gasteiger partial charge in [0.1, 0.15) is 23.7 Å². The van der Waals surface area contributed by atoms with E-state index < -0.39 is 0 Å². The van der Waals surface area contributed by atoms with Crippen LogP contribution in [0.25, 0.3) is 0 Å². The van der Waals surface area contributed by atoms with Crippen LogP contribution in [0.3, 0.4) is 0 Å². The number of rotatable bonds is 5. The highest BCUT2D eigenvalue weighted by molar-refractivity contribution is 5.99. The van der Waals surface area contributed by atoms with Gasteiger partial charge in [0.15, 0.2) is 0 Å². The largest absolute Gasteiger partial charge is 0.497 e. The summed E-state index contributed by atoms with van der Waals surface area (Å²) in [5.74, 6) is 1.99. The summed E-state index contributed by atoms with van der Waals surface area (Å²) in [6, 6.07) is 19.0. The van der Waals surface area contributed by atoms with Gasteiger partial charge in [-0.15, -0.1) is 0 Å². The van der Waals surface area contributed by atoms with Crippen LogP contribution in [-0.4, -0.2) is 49.3 Å². The fourth-order valence-electron chi connectivity index (χ4n) is 3.37. The predicted octanol–water partition coefficient (Wildman–Crippen LogP) is 3.46. The number of anilines is 4. The lowest BCUT2D eigenvalue weighted by Crippen LogP contribution is -2.46. The van der Waals surface area contributed by atoms with Crippen LogP contribution >= 0.6 is 0 Å². The zero-order valence-corrected chi connectivity index (χ0v) is 16.8. The summed E-state index contributed by atoms with van der Waals surface area (Å²) in [6.45, 7) is 3.52. The zero-order chi connectivity index (χ0) is 20.8. The van der Waals surface area contributed by atoms with Gasteiger partial charge in [-0.1, -0.05) is 18.2 Å². The molecule has 2 amide bonds. The number of carbonyl (C=O) groups excluding carboxylic acids is 1. The third-order valence-corrected chi connectivity index (χ3v) is 4.97. The van der Waals surface area contributed by atoms with Crippen molar-refractivity contribution in [2.24, 2.45) is 0 Å². The van der Waals surface area contributed by atoms with Crippen molar-refractivity contribution >= 4 is 29.0 Å². The molecule has 0 spiro atoms. The highest BCUT2D eigenvalue weighted by Crippen LogP contribution is 2.20. The molecule has 0 radical (unpaired) electrons. The Labute approximate surface area is 175 Å². The van der Waals surface area contributed by atoms with E-state index in [0.717, 1.165) is 37.7 Å². The average molecular weight is 404 g/mol. The normalized spacial score (nSPS) is 13.6. The van der Waals surface area contributed by atoms with Crippen molar-refractivity contribution in [2.75, 3.05) is 53.7 Å². The maximum Gasteiger partial charge on any atom is 0.324 e. The van der Waals surface area contributed by atoms with Gasteiger partial charge in [-0.3, -0.25) is 5.32 Å². The van der Waals surface area contributed by atoms with E-state index in [4.69, 9.17) is 4.74 Å². The number of piperazine rings is 1. The molecule has 30 heavy (non-hydrogen) atoms. The molecular weight excluding hydrogens is 380 g/mol. The third kappa shape index (κ3) is 4.78. The first-order chi connectivity index (χ1) is 14.7. The smallest absolute Gasteiger partial charge is 0.324 e. The summed E-state index contributed by atoms with van der Waals surface area (Å²) in [5.41, 5.74) is 1.90. The van der Waals surface area contributed by atoms with E-state index in [0.29, 0.717) is 11.5 Å². The molecule has 1 fully saturated rings. The average Bonchev–Trinajstić information content (AvgIpc) is 2.80. The van der Waals surface area contributed by atoms with Gasteiger partial charge in [0.25, 0.3) is 0 Å². The topological polar surface area (TPSA) is 82.6 Å². The van der Waals surface area contributed by atoms with Crippen LogP contribution in [0, 0.1) is 0 Å². The second-order valence-corrected chi connectivity index (χ2v) is 6.88. The molecule has 8 nitrogen and oxygen atoms in total. The molecule has 4 rings (SSSR count). The Kier molecular flexibility index (Phi) is 5.93. The van der Waals surface area contributed by atoms with Gasteiger partial charge in [-0.2, -0.15) is 0 Å². The molecule has 154 valence electrons. The van der Waals surface area contributed by atoms with Crippen molar-refractivity contribution < 1.29 is 9.53 Å². The van der Waals surface area contributed by atoms with Crippen molar-refractivity contribution in [3.05, 3.63) is 67.0 Å². The van der Waals surface area contributed by atoms with Gasteiger partial charge >= 0.3 is 6.03 Å². The van der Waals surface area contributed by atoms with E-state index in [9.17, 15) is 4.79 Å². The Bertz CT molecular complexity index is 972. The van der Waals surface area contributed by atoms with Gasteiger partial charge in [-0.25, -0.2) is 14.8 Å². The summed E-state index contributed by atoms with van der Waals surface area (Å²) < 4.78 is 5.12. The molecule has 8 heteroatoms. The van der Waals surface area contributed by atoms with E-state index in [1.807, 2.05) is 6.07 Å². The molecule has 1 aliphatic heterocycles. The summed E-state index contributed by atoms with van der Waals surface area (Å²) in [6.07, 6.45) is 1.47. The monoisotopic (exact) mass is 404 g/mol. The number of amides is 2. The quantitative estimate of drug-likeness (QED) is 0.678. The molecule has 2 heterocycles. The summed E-state index contributed by atoms with van der Waals surface area (Å²) in [4.78, 5) is 25.4. The fourth-order valence-corrected chi connectivity index (χ4v) is 3.37. The summed E-state index contributed by atoms with van der Waals surface area (Å²) in [7, 11) is 1.60. The highest BCUT2D eigenvalue weighted by atomic mass is 16.5. The van der Waals surface area contributed by atoms with Crippen LogP contribution in [0.4, 0.5) is 27.8 Å². The number of urea groups is 1. The van der Waals surface area contributed by atoms with Crippen molar-refractivity contribution in [2.45, 2.75) is 0 Å². The number of hydrogen-bond donors (Lipinski definition) is 2. The number of hydrogen-bond acceptors (Lipinski definition) is 6. The molecule has 1 aliphatic rings. The van der Waals surface area contributed by atoms with Crippen LogP contribution in [-0.2, 0) is 0 Å². The lowest BCUT2D eigenvalue weighted by molar-refractivity contribution is 0.262. The minimum Gasteiger partial charge on any atom is -0.497 e. The molecule has 1 aromatic heterocycles. The van der Waals surface area contributed by atoms with E-state index in [1.165, 1.54) is 12.0 Å². The first-order valence-corrected chi connectivity index (χ1v) is 9.80. The lowest BCUT2D eigenvalue weighted by Gasteiger charge is -2.36. The molecule has 0 saturated carbocycles. The highest BCUT2D eigenvalue weighted by Gasteiger charge is 2.19. The number of nitrogens with zero attached hydrogens (tertiary/aromatic N) is 4.